The first-order chi connectivity index (χ1) is 17.6. The predicted octanol–water partition coefficient (Wildman–Crippen LogP) is 4.46. The lowest BCUT2D eigenvalue weighted by Crippen LogP contribution is -2.57. The Kier molecular flexibility index (Phi) is 6.35. The minimum Gasteiger partial charge on any atom is -0.480 e. The second kappa shape index (κ2) is 9.37. The van der Waals surface area contributed by atoms with E-state index in [0.29, 0.717) is 0 Å². The lowest BCUT2D eigenvalue weighted by atomic mass is 9.72. The quantitative estimate of drug-likeness (QED) is 0.337. The molecule has 2 heterocycles. The molecule has 2 aromatic rings. The standard InChI is InChI=1S/C28H31N3O6/c1-16-11-12-17(2)21(13-16)24-22-23(28(29-24,27(34)35)15-18-7-4-3-5-8-18)26(33)30(25(22)32)19-9-6-10-20(14-19)31(36)37/h6,9-14,18,22-24,29H,3-5,7-8,15H2,1-2H3,(H,34,35). The Morgan fingerprint density at radius 3 is 2.51 bits per heavy atom. The summed E-state index contributed by atoms with van der Waals surface area (Å²) in [4.78, 5) is 52.8. The largest absolute Gasteiger partial charge is 0.480 e. The van der Waals surface area contributed by atoms with Crippen molar-refractivity contribution in [1.29, 1.82) is 0 Å². The number of nitrogens with one attached hydrogen (secondary N) is 1. The molecule has 1 aliphatic carbocycles. The van der Waals surface area contributed by atoms with Crippen LogP contribution in [0.4, 0.5) is 11.4 Å². The van der Waals surface area contributed by atoms with Gasteiger partial charge in [0, 0.05) is 18.2 Å². The van der Waals surface area contributed by atoms with Crippen molar-refractivity contribution in [3.63, 3.8) is 0 Å². The number of carboxylic acid groups (broad SMARTS) is 1. The summed E-state index contributed by atoms with van der Waals surface area (Å²) >= 11 is 0. The minimum absolute atomic E-state index is 0.0928. The van der Waals surface area contributed by atoms with Crippen molar-refractivity contribution >= 4 is 29.2 Å². The molecule has 2 saturated heterocycles. The summed E-state index contributed by atoms with van der Waals surface area (Å²) in [7, 11) is 0. The number of nitro groups is 1. The Bertz CT molecular complexity index is 1290. The maximum Gasteiger partial charge on any atom is 0.324 e. The van der Waals surface area contributed by atoms with Crippen LogP contribution in [0, 0.1) is 41.7 Å². The summed E-state index contributed by atoms with van der Waals surface area (Å²) in [6, 6.07) is 10.5. The molecule has 2 N–H and O–H groups in total. The fourth-order valence-corrected chi connectivity index (χ4v) is 6.68. The number of benzene rings is 2. The van der Waals surface area contributed by atoms with Gasteiger partial charge in [-0.1, -0.05) is 61.9 Å². The van der Waals surface area contributed by atoms with Gasteiger partial charge in [-0.25, -0.2) is 4.90 Å². The van der Waals surface area contributed by atoms with E-state index in [0.717, 1.165) is 53.7 Å². The highest BCUT2D eigenvalue weighted by molar-refractivity contribution is 6.24. The number of aliphatic carboxylic acids is 1. The number of aryl methyl sites for hydroxylation is 2. The number of hydrogen-bond donors (Lipinski definition) is 2. The lowest BCUT2D eigenvalue weighted by Gasteiger charge is -2.35. The van der Waals surface area contributed by atoms with E-state index >= 15 is 0 Å². The molecule has 194 valence electrons. The Hall–Kier alpha value is -3.59. The molecule has 2 aromatic carbocycles. The van der Waals surface area contributed by atoms with Gasteiger partial charge in [0.2, 0.25) is 11.8 Å². The average Bonchev–Trinajstić information content (AvgIpc) is 3.35. The normalized spacial score (nSPS) is 27.9. The molecule has 37 heavy (non-hydrogen) atoms. The van der Waals surface area contributed by atoms with Gasteiger partial charge in [-0.15, -0.1) is 0 Å². The van der Waals surface area contributed by atoms with Crippen LogP contribution < -0.4 is 10.2 Å². The molecule has 9 nitrogen and oxygen atoms in total. The SMILES string of the molecule is Cc1ccc(C)c(C2NC(CC3CCCCC3)(C(=O)O)C3C(=O)N(c4cccc([N+](=O)[O-])c4)C(=O)C23)c1. The summed E-state index contributed by atoms with van der Waals surface area (Å²) in [5, 5.41) is 25.4. The summed E-state index contributed by atoms with van der Waals surface area (Å²) in [5.74, 6) is -4.21. The number of nitro benzene ring substituents is 1. The zero-order valence-corrected chi connectivity index (χ0v) is 21.0. The average molecular weight is 506 g/mol. The van der Waals surface area contributed by atoms with Crippen LogP contribution >= 0.6 is 0 Å². The molecule has 3 aliphatic rings. The van der Waals surface area contributed by atoms with Crippen molar-refractivity contribution < 1.29 is 24.4 Å². The molecular formula is C28H31N3O6. The molecule has 2 aliphatic heterocycles. The zero-order valence-electron chi connectivity index (χ0n) is 21.0. The van der Waals surface area contributed by atoms with E-state index in [-0.39, 0.29) is 23.7 Å². The van der Waals surface area contributed by atoms with Crippen molar-refractivity contribution in [3.05, 3.63) is 69.3 Å². The van der Waals surface area contributed by atoms with Gasteiger partial charge in [-0.05, 0) is 43.4 Å². The number of amides is 2. The number of carbonyl (C=O) groups is 3. The molecule has 9 heteroatoms. The van der Waals surface area contributed by atoms with Gasteiger partial charge in [-0.2, -0.15) is 0 Å². The number of non-ortho nitro benzene ring substituents is 1. The fourth-order valence-electron chi connectivity index (χ4n) is 6.68. The predicted molar refractivity (Wildman–Crippen MR) is 136 cm³/mol. The number of anilines is 1. The van der Waals surface area contributed by atoms with Crippen LogP contribution in [0.3, 0.4) is 0 Å². The van der Waals surface area contributed by atoms with Gasteiger partial charge in [0.25, 0.3) is 5.69 Å². The van der Waals surface area contributed by atoms with Crippen LogP contribution in [0.5, 0.6) is 0 Å². The molecule has 5 rings (SSSR count). The number of hydrogen-bond acceptors (Lipinski definition) is 6. The number of nitrogens with zero attached hydrogens (tertiary/aromatic N) is 2. The second-order valence-electron chi connectivity index (χ2n) is 10.8. The van der Waals surface area contributed by atoms with E-state index in [4.69, 9.17) is 0 Å². The van der Waals surface area contributed by atoms with Crippen LogP contribution in [0.15, 0.2) is 42.5 Å². The van der Waals surface area contributed by atoms with Crippen molar-refractivity contribution in [2.45, 2.75) is 64.0 Å². The maximum absolute atomic E-state index is 14.0. The van der Waals surface area contributed by atoms with Gasteiger partial charge >= 0.3 is 5.97 Å². The topological polar surface area (TPSA) is 130 Å². The number of imide groups is 1. The van der Waals surface area contributed by atoms with Gasteiger partial charge in [0.15, 0.2) is 0 Å². The highest BCUT2D eigenvalue weighted by Crippen LogP contribution is 2.53. The van der Waals surface area contributed by atoms with Crippen LogP contribution in [0.2, 0.25) is 0 Å². The molecule has 0 bridgehead atoms. The summed E-state index contributed by atoms with van der Waals surface area (Å²) in [6.07, 6.45) is 5.17. The van der Waals surface area contributed by atoms with Crippen molar-refractivity contribution in [3.8, 4) is 0 Å². The van der Waals surface area contributed by atoms with Crippen molar-refractivity contribution in [2.24, 2.45) is 17.8 Å². The molecule has 4 unspecified atom stereocenters. The number of fused-ring (bicyclic) bond motifs is 1. The Labute approximate surface area is 215 Å². The lowest BCUT2D eigenvalue weighted by molar-refractivity contribution is -0.384. The van der Waals surface area contributed by atoms with E-state index < -0.39 is 46.1 Å². The van der Waals surface area contributed by atoms with Crippen molar-refractivity contribution in [1.82, 2.24) is 5.32 Å². The highest BCUT2D eigenvalue weighted by atomic mass is 16.6. The Morgan fingerprint density at radius 1 is 1.11 bits per heavy atom. The molecule has 4 atom stereocenters. The summed E-state index contributed by atoms with van der Waals surface area (Å²) in [6.45, 7) is 3.84. The second-order valence-corrected chi connectivity index (χ2v) is 10.8. The number of carboxylic acids is 1. The van der Waals surface area contributed by atoms with Gasteiger partial charge in [0.05, 0.1) is 22.4 Å². The third-order valence-corrected chi connectivity index (χ3v) is 8.44. The first-order valence-corrected chi connectivity index (χ1v) is 12.8. The van der Waals surface area contributed by atoms with Crippen LogP contribution in [0.25, 0.3) is 0 Å². The van der Waals surface area contributed by atoms with Gasteiger partial charge in [-0.3, -0.25) is 29.8 Å². The third kappa shape index (κ3) is 4.11. The summed E-state index contributed by atoms with van der Waals surface area (Å²) in [5.41, 5.74) is 0.890. The Balaban J connectivity index is 1.64. The van der Waals surface area contributed by atoms with Crippen LogP contribution in [-0.2, 0) is 14.4 Å². The molecule has 0 spiro atoms. The molecular weight excluding hydrogens is 474 g/mol. The van der Waals surface area contributed by atoms with E-state index in [9.17, 15) is 29.6 Å². The maximum atomic E-state index is 14.0. The minimum atomic E-state index is -1.62. The van der Waals surface area contributed by atoms with E-state index in [1.807, 2.05) is 32.0 Å². The molecule has 0 radical (unpaired) electrons. The van der Waals surface area contributed by atoms with E-state index in [2.05, 4.69) is 5.32 Å². The zero-order chi connectivity index (χ0) is 26.5. The number of carbonyl (C=O) groups excluding carboxylic acids is 2. The first kappa shape index (κ1) is 25.1. The molecule has 3 fully saturated rings. The van der Waals surface area contributed by atoms with Gasteiger partial charge < -0.3 is 5.11 Å². The molecule has 1 saturated carbocycles. The van der Waals surface area contributed by atoms with Crippen LogP contribution in [0.1, 0.15) is 61.3 Å². The molecule has 0 aromatic heterocycles. The monoisotopic (exact) mass is 505 g/mol. The smallest absolute Gasteiger partial charge is 0.324 e. The number of rotatable bonds is 6. The third-order valence-electron chi connectivity index (χ3n) is 8.44. The fraction of sp³-hybridized carbons (Fsp3) is 0.464. The Morgan fingerprint density at radius 2 is 1.84 bits per heavy atom. The van der Waals surface area contributed by atoms with E-state index in [1.54, 1.807) is 0 Å². The molecule has 2 amide bonds. The summed E-state index contributed by atoms with van der Waals surface area (Å²) < 4.78 is 0. The van der Waals surface area contributed by atoms with Crippen LogP contribution in [-0.4, -0.2) is 33.4 Å². The first-order valence-electron chi connectivity index (χ1n) is 12.8. The van der Waals surface area contributed by atoms with Crippen molar-refractivity contribution in [2.75, 3.05) is 4.90 Å². The van der Waals surface area contributed by atoms with Gasteiger partial charge in [0.1, 0.15) is 5.54 Å². The highest BCUT2D eigenvalue weighted by Gasteiger charge is 2.69. The van der Waals surface area contributed by atoms with E-state index in [1.165, 1.54) is 24.3 Å².